The number of phenolic OH excluding ortho intramolecular Hbond substituents is 1. The zero-order valence-electron chi connectivity index (χ0n) is 20.2. The molecule has 0 spiro atoms. The van der Waals surface area contributed by atoms with Crippen LogP contribution in [0.25, 0.3) is 22.4 Å². The Morgan fingerprint density at radius 3 is 2.74 bits per heavy atom. The summed E-state index contributed by atoms with van der Waals surface area (Å²) in [5.74, 6) is 0.886. The third-order valence-electron chi connectivity index (χ3n) is 7.84. The minimum absolute atomic E-state index is 0.0700. The Hall–Kier alpha value is -3.20. The highest BCUT2D eigenvalue weighted by atomic mass is 19.1. The number of aromatic hydroxyl groups is 1. The number of nitrogens with one attached hydrogen (secondary N) is 1. The van der Waals surface area contributed by atoms with E-state index in [0.717, 1.165) is 67.8 Å². The molecule has 184 valence electrons. The summed E-state index contributed by atoms with van der Waals surface area (Å²) in [6.07, 6.45) is 7.59. The molecule has 4 atom stereocenters. The molecular weight excluding hydrogens is 445 g/mol. The molecule has 0 saturated carbocycles. The Balaban J connectivity index is 1.34. The molecule has 8 nitrogen and oxygen atoms in total. The topological polar surface area (TPSA) is 82.3 Å². The molecule has 3 aliphatic rings. The summed E-state index contributed by atoms with van der Waals surface area (Å²) in [4.78, 5) is 4.33. The van der Waals surface area contributed by atoms with Gasteiger partial charge < -0.3 is 20.2 Å². The molecule has 2 bridgehead atoms. The molecule has 35 heavy (non-hydrogen) atoms. The van der Waals surface area contributed by atoms with E-state index < -0.39 is 6.17 Å². The molecule has 2 aromatic heterocycles. The van der Waals surface area contributed by atoms with Crippen LogP contribution in [-0.2, 0) is 7.05 Å². The van der Waals surface area contributed by atoms with E-state index in [4.69, 9.17) is 0 Å². The smallest absolute Gasteiger partial charge is 0.175 e. The summed E-state index contributed by atoms with van der Waals surface area (Å²) in [6, 6.07) is 7.65. The van der Waals surface area contributed by atoms with Crippen LogP contribution in [0.5, 0.6) is 5.75 Å². The minimum Gasteiger partial charge on any atom is -0.507 e. The summed E-state index contributed by atoms with van der Waals surface area (Å²) in [6.45, 7) is 1.62. The lowest BCUT2D eigenvalue weighted by Gasteiger charge is -2.47. The number of anilines is 2. The Kier molecular flexibility index (Phi) is 5.59. The van der Waals surface area contributed by atoms with Gasteiger partial charge in [0.05, 0.1) is 23.6 Å². The molecule has 0 aliphatic carbocycles. The SMILES string of the molecule is CN1CCCN([C@@H]2C[C@H]3CCC[C@H](N3)[C@@H]2F)c2nnc(-c3ccc(-c4cnn(C)c4)cc3O)cc21. The molecule has 0 amide bonds. The molecular formula is C26H32FN7O. The van der Waals surface area contributed by atoms with Gasteiger partial charge >= 0.3 is 0 Å². The number of halogens is 1. The molecule has 9 heteroatoms. The average molecular weight is 478 g/mol. The molecule has 6 rings (SSSR count). The van der Waals surface area contributed by atoms with Crippen molar-refractivity contribution in [2.75, 3.05) is 29.9 Å². The monoisotopic (exact) mass is 477 g/mol. The average Bonchev–Trinajstić information content (AvgIpc) is 3.23. The number of nitrogens with zero attached hydrogens (tertiary/aromatic N) is 6. The first kappa shape index (κ1) is 22.3. The maximum absolute atomic E-state index is 15.6. The first-order valence-electron chi connectivity index (χ1n) is 12.6. The number of piperidine rings is 2. The second-order valence-electron chi connectivity index (χ2n) is 10.2. The zero-order valence-corrected chi connectivity index (χ0v) is 20.2. The van der Waals surface area contributed by atoms with Crippen LogP contribution >= 0.6 is 0 Å². The quantitative estimate of drug-likeness (QED) is 0.597. The summed E-state index contributed by atoms with van der Waals surface area (Å²) >= 11 is 0. The van der Waals surface area contributed by atoms with Gasteiger partial charge in [-0.3, -0.25) is 4.68 Å². The second kappa shape index (κ2) is 8.78. The Bertz CT molecular complexity index is 1230. The highest BCUT2D eigenvalue weighted by Crippen LogP contribution is 2.40. The van der Waals surface area contributed by atoms with Crippen LogP contribution in [0.2, 0.25) is 0 Å². The van der Waals surface area contributed by atoms with Gasteiger partial charge in [-0.1, -0.05) is 12.5 Å². The fraction of sp³-hybridized carbons (Fsp3) is 0.500. The molecule has 3 aliphatic heterocycles. The number of phenols is 1. The number of benzene rings is 1. The number of hydrogen-bond acceptors (Lipinski definition) is 7. The molecule has 1 aromatic carbocycles. The lowest BCUT2D eigenvalue weighted by atomic mass is 9.82. The predicted molar refractivity (Wildman–Crippen MR) is 134 cm³/mol. The first-order chi connectivity index (χ1) is 17.0. The third-order valence-corrected chi connectivity index (χ3v) is 7.84. The van der Waals surface area contributed by atoms with Crippen LogP contribution in [0.15, 0.2) is 36.7 Å². The van der Waals surface area contributed by atoms with Gasteiger partial charge in [0.1, 0.15) is 11.9 Å². The van der Waals surface area contributed by atoms with Crippen molar-refractivity contribution in [2.45, 2.75) is 56.4 Å². The number of hydrogen-bond donors (Lipinski definition) is 2. The Labute approximate surface area is 204 Å². The van der Waals surface area contributed by atoms with Crippen LogP contribution in [0.1, 0.15) is 32.1 Å². The van der Waals surface area contributed by atoms with Crippen molar-refractivity contribution in [1.29, 1.82) is 0 Å². The van der Waals surface area contributed by atoms with Gasteiger partial charge in [0, 0.05) is 56.6 Å². The molecule has 0 radical (unpaired) electrons. The van der Waals surface area contributed by atoms with Gasteiger partial charge in [0.2, 0.25) is 0 Å². The lowest BCUT2D eigenvalue weighted by molar-refractivity contribution is 0.104. The molecule has 3 aromatic rings. The van der Waals surface area contributed by atoms with Crippen molar-refractivity contribution in [3.05, 3.63) is 36.7 Å². The number of aromatic nitrogens is 4. The fourth-order valence-corrected chi connectivity index (χ4v) is 6.00. The zero-order chi connectivity index (χ0) is 24.1. The van der Waals surface area contributed by atoms with Crippen LogP contribution in [-0.4, -0.2) is 69.5 Å². The van der Waals surface area contributed by atoms with E-state index in [1.807, 2.05) is 38.5 Å². The maximum Gasteiger partial charge on any atom is 0.175 e. The van der Waals surface area contributed by atoms with Gasteiger partial charge in [0.25, 0.3) is 0 Å². The van der Waals surface area contributed by atoms with E-state index in [0.29, 0.717) is 17.3 Å². The molecule has 0 unspecified atom stereocenters. The molecule has 2 N–H and O–H groups in total. The summed E-state index contributed by atoms with van der Waals surface area (Å²) in [5.41, 5.74) is 3.98. The molecule has 2 fully saturated rings. The van der Waals surface area contributed by atoms with E-state index in [9.17, 15) is 5.11 Å². The van der Waals surface area contributed by atoms with Crippen molar-refractivity contribution in [3.63, 3.8) is 0 Å². The standard InChI is InChI=1S/C26H32FN7O/c1-32-9-4-10-34(22-12-18-5-3-6-20(29-18)25(22)27)26-23(32)13-21(30-31-26)19-8-7-16(11-24(19)35)17-14-28-33(2)15-17/h7-8,11,13-15,18,20,22,25,29,35H,3-6,9-10,12H2,1-2H3/t18-,20+,22-,25+/m1/s1. The van der Waals surface area contributed by atoms with E-state index in [2.05, 4.69) is 30.4 Å². The number of fused-ring (bicyclic) bond motifs is 3. The van der Waals surface area contributed by atoms with Gasteiger partial charge in [0.15, 0.2) is 5.82 Å². The Morgan fingerprint density at radius 1 is 1.06 bits per heavy atom. The predicted octanol–water partition coefficient (Wildman–Crippen LogP) is 3.52. The van der Waals surface area contributed by atoms with Crippen LogP contribution in [0.4, 0.5) is 15.9 Å². The van der Waals surface area contributed by atoms with Gasteiger partial charge in [-0.15, -0.1) is 10.2 Å². The van der Waals surface area contributed by atoms with Crippen LogP contribution in [0, 0.1) is 0 Å². The van der Waals surface area contributed by atoms with Crippen molar-refractivity contribution >= 4 is 11.5 Å². The fourth-order valence-electron chi connectivity index (χ4n) is 6.00. The van der Waals surface area contributed by atoms with Crippen LogP contribution < -0.4 is 15.1 Å². The van der Waals surface area contributed by atoms with Gasteiger partial charge in [-0.25, -0.2) is 4.39 Å². The third kappa shape index (κ3) is 4.01. The normalized spacial score (nSPS) is 26.4. The van der Waals surface area contributed by atoms with Crippen molar-refractivity contribution in [3.8, 4) is 28.1 Å². The van der Waals surface area contributed by atoms with E-state index in [1.54, 1.807) is 16.9 Å². The van der Waals surface area contributed by atoms with E-state index in [1.165, 1.54) is 0 Å². The molecule has 2 saturated heterocycles. The lowest BCUT2D eigenvalue weighted by Crippen LogP contribution is -2.62. The second-order valence-corrected chi connectivity index (χ2v) is 10.2. The molecule has 5 heterocycles. The van der Waals surface area contributed by atoms with Crippen LogP contribution in [0.3, 0.4) is 0 Å². The van der Waals surface area contributed by atoms with Crippen molar-refractivity contribution in [1.82, 2.24) is 25.3 Å². The summed E-state index contributed by atoms with van der Waals surface area (Å²) < 4.78 is 17.3. The van der Waals surface area contributed by atoms with E-state index >= 15 is 4.39 Å². The van der Waals surface area contributed by atoms with Gasteiger partial charge in [-0.05, 0) is 49.4 Å². The number of aryl methyl sites for hydroxylation is 1. The minimum atomic E-state index is -0.923. The largest absolute Gasteiger partial charge is 0.507 e. The Morgan fingerprint density at radius 2 is 1.94 bits per heavy atom. The first-order valence-corrected chi connectivity index (χ1v) is 12.6. The maximum atomic E-state index is 15.6. The van der Waals surface area contributed by atoms with Crippen molar-refractivity contribution < 1.29 is 9.50 Å². The van der Waals surface area contributed by atoms with Crippen molar-refractivity contribution in [2.24, 2.45) is 7.05 Å². The highest BCUT2D eigenvalue weighted by molar-refractivity contribution is 5.78. The number of rotatable bonds is 3. The highest BCUT2D eigenvalue weighted by Gasteiger charge is 2.43. The number of alkyl halides is 1. The summed E-state index contributed by atoms with van der Waals surface area (Å²) in [7, 11) is 3.91. The van der Waals surface area contributed by atoms with E-state index in [-0.39, 0.29) is 17.8 Å². The van der Waals surface area contributed by atoms with Gasteiger partial charge in [-0.2, -0.15) is 5.10 Å². The summed E-state index contributed by atoms with van der Waals surface area (Å²) in [5, 5.41) is 27.7.